The molecule has 0 saturated carbocycles. The minimum absolute atomic E-state index is 0. The maximum absolute atomic E-state index is 13.6. The number of carbonyl (C=O) groups excluding carboxylic acids is 2. The zero-order valence-electron chi connectivity index (χ0n) is 15.6. The van der Waals surface area contributed by atoms with E-state index < -0.39 is 0 Å². The van der Waals surface area contributed by atoms with Gasteiger partial charge in [0.15, 0.2) is 0 Å². The molecule has 7 heteroatoms. The molecule has 1 atom stereocenters. The zero-order valence-corrected chi connectivity index (χ0v) is 16.4. The van der Waals surface area contributed by atoms with Gasteiger partial charge in [0, 0.05) is 38.2 Å². The Morgan fingerprint density at radius 3 is 2.68 bits per heavy atom. The highest BCUT2D eigenvalue weighted by Crippen LogP contribution is 2.23. The average Bonchev–Trinajstić information content (AvgIpc) is 2.71. The minimum Gasteiger partial charge on any atom is -0.352 e. The summed E-state index contributed by atoms with van der Waals surface area (Å²) in [5, 5.41) is 6.10. The Balaban J connectivity index is 0.00000280. The Morgan fingerprint density at radius 2 is 1.93 bits per heavy atom. The molecule has 0 aromatic heterocycles. The van der Waals surface area contributed by atoms with Crippen LogP contribution in [0, 0.1) is 5.82 Å². The van der Waals surface area contributed by atoms with Crippen LogP contribution in [0.4, 0.5) is 4.39 Å². The third kappa shape index (κ3) is 5.78. The summed E-state index contributed by atoms with van der Waals surface area (Å²) in [5.74, 6) is -0.406. The molecule has 28 heavy (non-hydrogen) atoms. The molecular weight excluding hydrogens is 381 g/mol. The van der Waals surface area contributed by atoms with E-state index in [1.54, 1.807) is 18.2 Å². The van der Waals surface area contributed by atoms with Gasteiger partial charge in [-0.15, -0.1) is 12.4 Å². The second-order valence-corrected chi connectivity index (χ2v) is 6.59. The minimum atomic E-state index is -0.297. The van der Waals surface area contributed by atoms with E-state index in [1.807, 2.05) is 29.2 Å². The topological polar surface area (TPSA) is 61.4 Å². The predicted molar refractivity (Wildman–Crippen MR) is 109 cm³/mol. The van der Waals surface area contributed by atoms with Gasteiger partial charge in [-0.2, -0.15) is 0 Å². The van der Waals surface area contributed by atoms with E-state index >= 15 is 0 Å². The van der Waals surface area contributed by atoms with Crippen LogP contribution in [0.2, 0.25) is 0 Å². The molecule has 2 aromatic carbocycles. The molecule has 2 N–H and O–H groups in total. The predicted octanol–water partition coefficient (Wildman–Crippen LogP) is 2.93. The molecule has 1 aliphatic heterocycles. The summed E-state index contributed by atoms with van der Waals surface area (Å²) in [7, 11) is 0. The van der Waals surface area contributed by atoms with Crippen molar-refractivity contribution in [2.45, 2.75) is 18.9 Å². The number of carbonyl (C=O) groups is 2. The largest absolute Gasteiger partial charge is 0.352 e. The van der Waals surface area contributed by atoms with Gasteiger partial charge in [-0.3, -0.25) is 9.59 Å². The third-order valence-electron chi connectivity index (χ3n) is 4.69. The van der Waals surface area contributed by atoms with E-state index in [0.29, 0.717) is 38.0 Å². The summed E-state index contributed by atoms with van der Waals surface area (Å²) in [6, 6.07) is 15.2. The summed E-state index contributed by atoms with van der Waals surface area (Å²) in [6.07, 6.45) is 0.915. The standard InChI is InChI=1S/C21H24FN3O2.ClH/c22-18-9-4-8-17(14-18)19-15-23-12-13-25(19)20(26)10-5-11-24-21(27)16-6-2-1-3-7-16;/h1-4,6-9,14,19,23H,5,10-13,15H2,(H,24,27);1H. The number of piperazine rings is 1. The molecule has 1 aliphatic rings. The highest BCUT2D eigenvalue weighted by atomic mass is 35.5. The van der Waals surface area contributed by atoms with Crippen molar-refractivity contribution in [3.05, 3.63) is 71.5 Å². The first-order chi connectivity index (χ1) is 13.1. The molecule has 0 bridgehead atoms. The van der Waals surface area contributed by atoms with E-state index in [1.165, 1.54) is 12.1 Å². The fourth-order valence-electron chi connectivity index (χ4n) is 3.29. The quantitative estimate of drug-likeness (QED) is 0.726. The molecule has 2 aromatic rings. The molecule has 5 nitrogen and oxygen atoms in total. The van der Waals surface area contributed by atoms with Gasteiger partial charge in [0.05, 0.1) is 6.04 Å². The fourth-order valence-corrected chi connectivity index (χ4v) is 3.29. The second kappa shape index (κ2) is 10.8. The number of benzene rings is 2. The molecule has 0 aliphatic carbocycles. The number of nitrogens with one attached hydrogen (secondary N) is 2. The van der Waals surface area contributed by atoms with Crippen LogP contribution in [0.25, 0.3) is 0 Å². The average molecular weight is 406 g/mol. The van der Waals surface area contributed by atoms with E-state index in [9.17, 15) is 14.0 Å². The molecular formula is C21H25ClFN3O2. The van der Waals surface area contributed by atoms with Crippen LogP contribution in [0.5, 0.6) is 0 Å². The molecule has 1 unspecified atom stereocenters. The number of rotatable bonds is 6. The highest BCUT2D eigenvalue weighted by molar-refractivity contribution is 5.94. The van der Waals surface area contributed by atoms with Gasteiger partial charge < -0.3 is 15.5 Å². The third-order valence-corrected chi connectivity index (χ3v) is 4.69. The monoisotopic (exact) mass is 405 g/mol. The van der Waals surface area contributed by atoms with E-state index in [4.69, 9.17) is 0 Å². The normalized spacial score (nSPS) is 16.2. The smallest absolute Gasteiger partial charge is 0.251 e. The first kappa shape index (κ1) is 21.9. The van der Waals surface area contributed by atoms with Gasteiger partial charge in [-0.1, -0.05) is 30.3 Å². The number of hydrogen-bond donors (Lipinski definition) is 2. The number of amides is 2. The van der Waals surface area contributed by atoms with Crippen LogP contribution in [0.3, 0.4) is 0 Å². The lowest BCUT2D eigenvalue weighted by Gasteiger charge is -2.36. The van der Waals surface area contributed by atoms with Crippen molar-refractivity contribution in [3.8, 4) is 0 Å². The van der Waals surface area contributed by atoms with Crippen molar-refractivity contribution in [2.24, 2.45) is 0 Å². The van der Waals surface area contributed by atoms with Crippen molar-refractivity contribution < 1.29 is 14.0 Å². The van der Waals surface area contributed by atoms with Gasteiger partial charge in [0.1, 0.15) is 5.82 Å². The van der Waals surface area contributed by atoms with E-state index in [-0.39, 0.29) is 36.1 Å². The summed E-state index contributed by atoms with van der Waals surface area (Å²) < 4.78 is 13.6. The molecule has 150 valence electrons. The van der Waals surface area contributed by atoms with Gasteiger partial charge >= 0.3 is 0 Å². The molecule has 1 fully saturated rings. The van der Waals surface area contributed by atoms with Crippen molar-refractivity contribution in [2.75, 3.05) is 26.2 Å². The van der Waals surface area contributed by atoms with Crippen LogP contribution in [-0.4, -0.2) is 42.9 Å². The maximum atomic E-state index is 13.6. The van der Waals surface area contributed by atoms with Gasteiger partial charge in [0.2, 0.25) is 5.91 Å². The molecule has 0 spiro atoms. The van der Waals surface area contributed by atoms with Crippen molar-refractivity contribution in [3.63, 3.8) is 0 Å². The number of hydrogen-bond acceptors (Lipinski definition) is 3. The van der Waals surface area contributed by atoms with Gasteiger partial charge in [0.25, 0.3) is 5.91 Å². The summed E-state index contributed by atoms with van der Waals surface area (Å²) in [6.45, 7) is 2.37. The van der Waals surface area contributed by atoms with Crippen LogP contribution in [-0.2, 0) is 4.79 Å². The van der Waals surface area contributed by atoms with Crippen LogP contribution >= 0.6 is 12.4 Å². The molecule has 2 amide bonds. The highest BCUT2D eigenvalue weighted by Gasteiger charge is 2.27. The number of nitrogens with zero attached hydrogens (tertiary/aromatic N) is 1. The molecule has 0 radical (unpaired) electrons. The summed E-state index contributed by atoms with van der Waals surface area (Å²) in [5.41, 5.74) is 1.41. The lowest BCUT2D eigenvalue weighted by atomic mass is 10.0. The second-order valence-electron chi connectivity index (χ2n) is 6.59. The first-order valence-electron chi connectivity index (χ1n) is 9.24. The lowest BCUT2D eigenvalue weighted by Crippen LogP contribution is -2.48. The number of halogens is 2. The molecule has 3 rings (SSSR count). The Hall–Kier alpha value is -2.44. The Bertz CT molecular complexity index is 788. The first-order valence-corrected chi connectivity index (χ1v) is 9.24. The molecule has 1 saturated heterocycles. The Morgan fingerprint density at radius 1 is 1.14 bits per heavy atom. The SMILES string of the molecule is Cl.O=C(NCCCC(=O)N1CCNCC1c1cccc(F)c1)c1ccccc1. The Labute approximate surface area is 170 Å². The molecule has 1 heterocycles. The zero-order chi connectivity index (χ0) is 19.1. The van der Waals surface area contributed by atoms with Crippen molar-refractivity contribution in [1.82, 2.24) is 15.5 Å². The Kier molecular flexibility index (Phi) is 8.42. The summed E-state index contributed by atoms with van der Waals surface area (Å²) >= 11 is 0. The van der Waals surface area contributed by atoms with E-state index in [2.05, 4.69) is 10.6 Å². The van der Waals surface area contributed by atoms with Crippen molar-refractivity contribution in [1.29, 1.82) is 0 Å². The summed E-state index contributed by atoms with van der Waals surface area (Å²) in [4.78, 5) is 26.5. The van der Waals surface area contributed by atoms with Gasteiger partial charge in [-0.25, -0.2) is 4.39 Å². The van der Waals surface area contributed by atoms with Crippen LogP contribution < -0.4 is 10.6 Å². The fraction of sp³-hybridized carbons (Fsp3) is 0.333. The van der Waals surface area contributed by atoms with Crippen molar-refractivity contribution >= 4 is 24.2 Å². The maximum Gasteiger partial charge on any atom is 0.251 e. The van der Waals surface area contributed by atoms with Crippen LogP contribution in [0.1, 0.15) is 34.8 Å². The lowest BCUT2D eigenvalue weighted by molar-refractivity contribution is -0.134. The van der Waals surface area contributed by atoms with Gasteiger partial charge in [-0.05, 0) is 36.2 Å². The van der Waals surface area contributed by atoms with Crippen LogP contribution in [0.15, 0.2) is 54.6 Å². The van der Waals surface area contributed by atoms with E-state index in [0.717, 1.165) is 12.1 Å².